The first-order valence-electron chi connectivity index (χ1n) is 6.27. The molecule has 0 radical (unpaired) electrons. The summed E-state index contributed by atoms with van der Waals surface area (Å²) in [5.41, 5.74) is 0.630. The predicted molar refractivity (Wildman–Crippen MR) is 86.4 cm³/mol. The van der Waals surface area contributed by atoms with E-state index in [4.69, 9.17) is 0 Å². The molecule has 0 bridgehead atoms. The van der Waals surface area contributed by atoms with Crippen molar-refractivity contribution in [2.75, 3.05) is 7.11 Å². The van der Waals surface area contributed by atoms with Crippen LogP contribution in [0.4, 0.5) is 0 Å². The Kier molecular flexibility index (Phi) is 6.70. The van der Waals surface area contributed by atoms with Gasteiger partial charge in [-0.3, -0.25) is 4.79 Å². The number of amides is 1. The first-order chi connectivity index (χ1) is 9.45. The molecule has 1 aromatic carbocycles. The van der Waals surface area contributed by atoms with Gasteiger partial charge < -0.3 is 10.1 Å². The van der Waals surface area contributed by atoms with E-state index in [1.807, 2.05) is 32.0 Å². The van der Waals surface area contributed by atoms with Crippen molar-refractivity contribution in [3.05, 3.63) is 45.6 Å². The Morgan fingerprint density at radius 3 is 2.50 bits per heavy atom. The van der Waals surface area contributed by atoms with Gasteiger partial charge in [-0.1, -0.05) is 32.1 Å². The molecule has 1 N–H and O–H groups in total. The second-order valence-corrected chi connectivity index (χ2v) is 5.77. The van der Waals surface area contributed by atoms with Crippen molar-refractivity contribution in [1.82, 2.24) is 5.32 Å². The maximum atomic E-state index is 12.2. The molecular weight excluding hydrogens is 369 g/mol. The first kappa shape index (κ1) is 16.7. The van der Waals surface area contributed by atoms with E-state index in [0.717, 1.165) is 3.57 Å². The lowest BCUT2D eigenvalue weighted by molar-refractivity contribution is -0.134. The highest BCUT2D eigenvalue weighted by atomic mass is 127. The molecular formula is C15H18INO3. The minimum Gasteiger partial charge on any atom is -0.466 e. The molecule has 0 saturated carbocycles. The predicted octanol–water partition coefficient (Wildman–Crippen LogP) is 2.77. The van der Waals surface area contributed by atoms with Gasteiger partial charge in [0.25, 0.3) is 5.91 Å². The number of ether oxygens (including phenoxy) is 1. The van der Waals surface area contributed by atoms with Crippen LogP contribution in [-0.4, -0.2) is 25.0 Å². The third kappa shape index (κ3) is 4.96. The van der Waals surface area contributed by atoms with Crippen LogP contribution < -0.4 is 5.32 Å². The summed E-state index contributed by atoms with van der Waals surface area (Å²) >= 11 is 2.12. The standard InChI is InChI=1S/C15H18INO3/c1-10(2)13(8-9-14(18)20-3)17-15(19)11-6-4-5-7-12(11)16/h4-10,13H,1-3H3,(H,17,19)/b9-8+/t13-/m1/s1. The zero-order valence-corrected chi connectivity index (χ0v) is 13.9. The van der Waals surface area contributed by atoms with E-state index in [2.05, 4.69) is 32.6 Å². The van der Waals surface area contributed by atoms with E-state index < -0.39 is 5.97 Å². The third-order valence-corrected chi connectivity index (χ3v) is 3.72. The molecule has 0 aliphatic carbocycles. The quantitative estimate of drug-likeness (QED) is 0.480. The molecule has 0 aliphatic rings. The summed E-state index contributed by atoms with van der Waals surface area (Å²) in [5.74, 6) is -0.413. The second-order valence-electron chi connectivity index (χ2n) is 4.61. The van der Waals surface area contributed by atoms with E-state index in [-0.39, 0.29) is 17.9 Å². The van der Waals surface area contributed by atoms with Gasteiger partial charge in [0.15, 0.2) is 0 Å². The number of rotatable bonds is 5. The fraction of sp³-hybridized carbons (Fsp3) is 0.333. The fourth-order valence-electron chi connectivity index (χ4n) is 1.56. The van der Waals surface area contributed by atoms with Crippen LogP contribution in [0, 0.1) is 9.49 Å². The fourth-order valence-corrected chi connectivity index (χ4v) is 2.19. The van der Waals surface area contributed by atoms with Gasteiger partial charge in [0.2, 0.25) is 0 Å². The average Bonchev–Trinajstić information content (AvgIpc) is 2.42. The number of benzene rings is 1. The van der Waals surface area contributed by atoms with E-state index in [1.165, 1.54) is 13.2 Å². The highest BCUT2D eigenvalue weighted by Crippen LogP contribution is 2.12. The Labute approximate surface area is 132 Å². The molecule has 1 rings (SSSR count). The Morgan fingerprint density at radius 1 is 1.30 bits per heavy atom. The molecule has 0 unspecified atom stereocenters. The van der Waals surface area contributed by atoms with Gasteiger partial charge in [-0.2, -0.15) is 0 Å². The maximum absolute atomic E-state index is 12.2. The number of hydrogen-bond acceptors (Lipinski definition) is 3. The smallest absolute Gasteiger partial charge is 0.330 e. The van der Waals surface area contributed by atoms with Crippen LogP contribution >= 0.6 is 22.6 Å². The first-order valence-corrected chi connectivity index (χ1v) is 7.35. The third-order valence-electron chi connectivity index (χ3n) is 2.78. The summed E-state index contributed by atoms with van der Waals surface area (Å²) in [7, 11) is 1.32. The van der Waals surface area contributed by atoms with Crippen LogP contribution in [-0.2, 0) is 9.53 Å². The number of methoxy groups -OCH3 is 1. The minimum absolute atomic E-state index is 0.150. The van der Waals surface area contributed by atoms with Gasteiger partial charge in [-0.25, -0.2) is 4.79 Å². The molecule has 0 aromatic heterocycles. The number of esters is 1. The monoisotopic (exact) mass is 387 g/mol. The zero-order chi connectivity index (χ0) is 15.1. The van der Waals surface area contributed by atoms with Crippen molar-refractivity contribution in [3.63, 3.8) is 0 Å². The maximum Gasteiger partial charge on any atom is 0.330 e. The minimum atomic E-state index is -0.431. The molecule has 1 aromatic rings. The molecule has 1 amide bonds. The molecule has 4 nitrogen and oxygen atoms in total. The van der Waals surface area contributed by atoms with E-state index in [1.54, 1.807) is 12.1 Å². The molecule has 0 spiro atoms. The van der Waals surface area contributed by atoms with Gasteiger partial charge in [0.05, 0.1) is 18.7 Å². The average molecular weight is 387 g/mol. The molecule has 0 fully saturated rings. The van der Waals surface area contributed by atoms with Crippen molar-refractivity contribution in [2.45, 2.75) is 19.9 Å². The van der Waals surface area contributed by atoms with Crippen LogP contribution in [0.1, 0.15) is 24.2 Å². The van der Waals surface area contributed by atoms with Crippen molar-refractivity contribution in [1.29, 1.82) is 0 Å². The summed E-state index contributed by atoms with van der Waals surface area (Å²) in [5, 5.41) is 2.91. The lowest BCUT2D eigenvalue weighted by Crippen LogP contribution is -2.37. The summed E-state index contributed by atoms with van der Waals surface area (Å²) < 4.78 is 5.44. The van der Waals surface area contributed by atoms with Crippen LogP contribution in [0.25, 0.3) is 0 Å². The van der Waals surface area contributed by atoms with Crippen molar-refractivity contribution in [2.24, 2.45) is 5.92 Å². The number of carbonyl (C=O) groups is 2. The van der Waals surface area contributed by atoms with Crippen molar-refractivity contribution in [3.8, 4) is 0 Å². The van der Waals surface area contributed by atoms with Crippen LogP contribution in [0.5, 0.6) is 0 Å². The SMILES string of the molecule is COC(=O)/C=C/[C@@H](NC(=O)c1ccccc1I)C(C)C. The summed E-state index contributed by atoms with van der Waals surface area (Å²) in [4.78, 5) is 23.4. The van der Waals surface area contributed by atoms with Gasteiger partial charge in [-0.05, 0) is 40.6 Å². The summed E-state index contributed by atoms with van der Waals surface area (Å²) in [6.45, 7) is 3.95. The molecule has 1 atom stereocenters. The number of carbonyl (C=O) groups excluding carboxylic acids is 2. The molecule has 0 heterocycles. The van der Waals surface area contributed by atoms with Gasteiger partial charge in [0.1, 0.15) is 0 Å². The number of nitrogens with one attached hydrogen (secondary N) is 1. The highest BCUT2D eigenvalue weighted by Gasteiger charge is 2.16. The number of hydrogen-bond donors (Lipinski definition) is 1. The molecule has 20 heavy (non-hydrogen) atoms. The lowest BCUT2D eigenvalue weighted by Gasteiger charge is -2.19. The Bertz CT molecular complexity index is 512. The molecule has 108 valence electrons. The van der Waals surface area contributed by atoms with Crippen molar-refractivity contribution < 1.29 is 14.3 Å². The topological polar surface area (TPSA) is 55.4 Å². The Hall–Kier alpha value is -1.37. The highest BCUT2D eigenvalue weighted by molar-refractivity contribution is 14.1. The van der Waals surface area contributed by atoms with Crippen LogP contribution in [0.3, 0.4) is 0 Å². The van der Waals surface area contributed by atoms with Crippen LogP contribution in [0.2, 0.25) is 0 Å². The van der Waals surface area contributed by atoms with Crippen LogP contribution in [0.15, 0.2) is 36.4 Å². The normalized spacial score (nSPS) is 12.4. The van der Waals surface area contributed by atoms with E-state index in [9.17, 15) is 9.59 Å². The molecule has 0 saturated heterocycles. The molecule has 5 heteroatoms. The summed E-state index contributed by atoms with van der Waals surface area (Å²) in [6, 6.07) is 7.14. The van der Waals surface area contributed by atoms with Gasteiger partial charge >= 0.3 is 5.97 Å². The summed E-state index contributed by atoms with van der Waals surface area (Å²) in [6.07, 6.45) is 2.99. The van der Waals surface area contributed by atoms with E-state index in [0.29, 0.717) is 5.56 Å². The lowest BCUT2D eigenvalue weighted by atomic mass is 10.0. The van der Waals surface area contributed by atoms with Crippen molar-refractivity contribution >= 4 is 34.5 Å². The van der Waals surface area contributed by atoms with Gasteiger partial charge in [0, 0.05) is 9.65 Å². The molecule has 0 aliphatic heterocycles. The zero-order valence-electron chi connectivity index (χ0n) is 11.7. The van der Waals surface area contributed by atoms with E-state index >= 15 is 0 Å². The Morgan fingerprint density at radius 2 is 1.95 bits per heavy atom. The number of halogens is 1. The largest absolute Gasteiger partial charge is 0.466 e. The second kappa shape index (κ2) is 8.04. The van der Waals surface area contributed by atoms with Gasteiger partial charge in [-0.15, -0.1) is 0 Å². The Balaban J connectivity index is 2.81.